The Hall–Kier alpha value is -2.44. The summed E-state index contributed by atoms with van der Waals surface area (Å²) in [5.74, 6) is 0.827. The van der Waals surface area contributed by atoms with E-state index in [1.807, 2.05) is 17.0 Å². The van der Waals surface area contributed by atoms with Gasteiger partial charge >= 0.3 is 0 Å². The van der Waals surface area contributed by atoms with E-state index in [4.69, 9.17) is 0 Å². The number of carbonyl (C=O) groups is 3. The van der Waals surface area contributed by atoms with Crippen LogP contribution in [0.2, 0.25) is 0 Å². The van der Waals surface area contributed by atoms with Gasteiger partial charge in [-0.2, -0.15) is 0 Å². The number of carbonyl (C=O) groups excluding carboxylic acids is 3. The summed E-state index contributed by atoms with van der Waals surface area (Å²) in [6, 6.07) is 3.28. The van der Waals surface area contributed by atoms with Crippen LogP contribution >= 0.6 is 0 Å². The van der Waals surface area contributed by atoms with E-state index in [1.165, 1.54) is 32.1 Å². The number of piperazine rings is 1. The van der Waals surface area contributed by atoms with Crippen LogP contribution in [0.5, 0.6) is 0 Å². The summed E-state index contributed by atoms with van der Waals surface area (Å²) in [6.45, 7) is 2.05. The molecule has 0 aromatic carbocycles. The van der Waals surface area contributed by atoms with Gasteiger partial charge < -0.3 is 14.7 Å². The molecule has 1 unspecified atom stereocenters. The second-order valence-corrected chi connectivity index (χ2v) is 8.86. The van der Waals surface area contributed by atoms with Crippen molar-refractivity contribution in [1.82, 2.24) is 19.7 Å². The number of nitrogens with zero attached hydrogens (tertiary/aromatic N) is 4. The van der Waals surface area contributed by atoms with Crippen LogP contribution in [-0.4, -0.2) is 69.6 Å². The minimum absolute atomic E-state index is 0.0112. The molecule has 1 atom stereocenters. The maximum Gasteiger partial charge on any atom is 0.246 e. The standard InChI is InChI=1S/C23H32N4O3/c28-21(7-6-18-4-2-1-3-5-18)25-13-10-20-23(30)26(16-19-8-11-24-12-9-19)17-22(29)27(20)15-14-25/h8-9,11-12,18,20H,1-7,10,13-17H2. The molecule has 0 N–H and O–H groups in total. The minimum atomic E-state index is -0.454. The van der Waals surface area contributed by atoms with Gasteiger partial charge in [-0.3, -0.25) is 19.4 Å². The Morgan fingerprint density at radius 1 is 1.00 bits per heavy atom. The third-order valence-corrected chi connectivity index (χ3v) is 6.87. The van der Waals surface area contributed by atoms with Gasteiger partial charge in [0.1, 0.15) is 12.6 Å². The second-order valence-electron chi connectivity index (χ2n) is 8.86. The highest BCUT2D eigenvalue weighted by molar-refractivity contribution is 5.95. The van der Waals surface area contributed by atoms with Crippen molar-refractivity contribution in [3.05, 3.63) is 30.1 Å². The van der Waals surface area contributed by atoms with Gasteiger partial charge in [0.05, 0.1) is 0 Å². The van der Waals surface area contributed by atoms with Crippen LogP contribution in [-0.2, 0) is 20.9 Å². The van der Waals surface area contributed by atoms with Crippen LogP contribution in [0.3, 0.4) is 0 Å². The molecule has 1 aromatic heterocycles. The van der Waals surface area contributed by atoms with Crippen molar-refractivity contribution in [3.8, 4) is 0 Å². The van der Waals surface area contributed by atoms with Crippen molar-refractivity contribution in [3.63, 3.8) is 0 Å². The van der Waals surface area contributed by atoms with E-state index >= 15 is 0 Å². The van der Waals surface area contributed by atoms with Crippen LogP contribution in [0.15, 0.2) is 24.5 Å². The van der Waals surface area contributed by atoms with E-state index < -0.39 is 6.04 Å². The van der Waals surface area contributed by atoms with Crippen LogP contribution in [0.4, 0.5) is 0 Å². The largest absolute Gasteiger partial charge is 0.341 e. The molecule has 1 saturated carbocycles. The zero-order chi connectivity index (χ0) is 20.9. The molecule has 30 heavy (non-hydrogen) atoms. The average Bonchev–Trinajstić information content (AvgIpc) is 3.01. The van der Waals surface area contributed by atoms with Gasteiger partial charge in [0.15, 0.2) is 0 Å². The lowest BCUT2D eigenvalue weighted by Crippen LogP contribution is -2.59. The first-order valence-electron chi connectivity index (χ1n) is 11.4. The van der Waals surface area contributed by atoms with Crippen LogP contribution in [0, 0.1) is 5.92 Å². The van der Waals surface area contributed by atoms with Crippen molar-refractivity contribution in [1.29, 1.82) is 0 Å². The average molecular weight is 413 g/mol. The molecule has 162 valence electrons. The molecular weight excluding hydrogens is 380 g/mol. The first kappa shape index (κ1) is 20.8. The van der Waals surface area contributed by atoms with Gasteiger partial charge in [-0.15, -0.1) is 0 Å². The molecule has 1 aromatic rings. The molecule has 0 spiro atoms. The summed E-state index contributed by atoms with van der Waals surface area (Å²) in [5, 5.41) is 0. The Balaban J connectivity index is 1.34. The normalized spacial score (nSPS) is 23.3. The molecule has 0 bridgehead atoms. The fourth-order valence-corrected chi connectivity index (χ4v) is 5.08. The Labute approximate surface area is 178 Å². The smallest absolute Gasteiger partial charge is 0.246 e. The van der Waals surface area contributed by atoms with Crippen molar-refractivity contribution in [2.75, 3.05) is 26.2 Å². The van der Waals surface area contributed by atoms with Gasteiger partial charge in [-0.25, -0.2) is 0 Å². The number of rotatable bonds is 5. The maximum atomic E-state index is 13.1. The maximum absolute atomic E-state index is 13.1. The summed E-state index contributed by atoms with van der Waals surface area (Å²) < 4.78 is 0. The molecule has 0 radical (unpaired) electrons. The predicted molar refractivity (Wildman–Crippen MR) is 112 cm³/mol. The lowest BCUT2D eigenvalue weighted by molar-refractivity contribution is -0.156. The second kappa shape index (κ2) is 9.58. The summed E-state index contributed by atoms with van der Waals surface area (Å²) >= 11 is 0. The Kier molecular flexibility index (Phi) is 6.65. The highest BCUT2D eigenvalue weighted by Gasteiger charge is 2.41. The molecule has 4 rings (SSSR count). The van der Waals surface area contributed by atoms with E-state index in [0.29, 0.717) is 44.9 Å². The highest BCUT2D eigenvalue weighted by Crippen LogP contribution is 2.28. The number of hydrogen-bond donors (Lipinski definition) is 0. The molecule has 1 aliphatic carbocycles. The van der Waals surface area contributed by atoms with Gasteiger partial charge in [-0.1, -0.05) is 32.1 Å². The fraction of sp³-hybridized carbons (Fsp3) is 0.652. The van der Waals surface area contributed by atoms with Crippen molar-refractivity contribution < 1.29 is 14.4 Å². The highest BCUT2D eigenvalue weighted by atomic mass is 16.2. The van der Waals surface area contributed by atoms with Gasteiger partial charge in [-0.05, 0) is 36.5 Å². The molecule has 3 aliphatic rings. The summed E-state index contributed by atoms with van der Waals surface area (Å²) in [4.78, 5) is 47.8. The lowest BCUT2D eigenvalue weighted by Gasteiger charge is -2.39. The number of amides is 3. The summed E-state index contributed by atoms with van der Waals surface area (Å²) in [7, 11) is 0. The van der Waals surface area contributed by atoms with Gasteiger partial charge in [0, 0.05) is 45.0 Å². The van der Waals surface area contributed by atoms with E-state index in [0.717, 1.165) is 12.0 Å². The zero-order valence-corrected chi connectivity index (χ0v) is 17.7. The molecule has 7 nitrogen and oxygen atoms in total. The first-order valence-corrected chi connectivity index (χ1v) is 11.4. The molecule has 3 heterocycles. The van der Waals surface area contributed by atoms with Crippen LogP contribution in [0.1, 0.15) is 56.9 Å². The molecule has 7 heteroatoms. The molecular formula is C23H32N4O3. The number of pyridine rings is 1. The summed E-state index contributed by atoms with van der Waals surface area (Å²) in [6.07, 6.45) is 11.9. The molecule has 2 aliphatic heterocycles. The van der Waals surface area contributed by atoms with Crippen LogP contribution in [0.25, 0.3) is 0 Å². The quantitative estimate of drug-likeness (QED) is 0.743. The van der Waals surface area contributed by atoms with Crippen LogP contribution < -0.4 is 0 Å². The van der Waals surface area contributed by atoms with Crippen molar-refractivity contribution >= 4 is 17.7 Å². The van der Waals surface area contributed by atoms with Crippen molar-refractivity contribution in [2.24, 2.45) is 5.92 Å². The van der Waals surface area contributed by atoms with Crippen molar-refractivity contribution in [2.45, 2.75) is 64.0 Å². The van der Waals surface area contributed by atoms with Gasteiger partial charge in [0.25, 0.3) is 0 Å². The third-order valence-electron chi connectivity index (χ3n) is 6.87. The number of hydrogen-bond acceptors (Lipinski definition) is 4. The number of aromatic nitrogens is 1. The SMILES string of the molecule is O=C(CCC1CCCCC1)N1CCC2C(=O)N(Cc3ccncc3)CC(=O)N2CC1. The monoisotopic (exact) mass is 412 g/mol. The molecule has 3 fully saturated rings. The molecule has 3 amide bonds. The predicted octanol–water partition coefficient (Wildman–Crippen LogP) is 2.21. The Morgan fingerprint density at radius 3 is 2.53 bits per heavy atom. The van der Waals surface area contributed by atoms with E-state index in [9.17, 15) is 14.4 Å². The number of fused-ring (bicyclic) bond motifs is 1. The Morgan fingerprint density at radius 2 is 1.77 bits per heavy atom. The van der Waals surface area contributed by atoms with Gasteiger partial charge in [0.2, 0.25) is 17.7 Å². The third kappa shape index (κ3) is 4.82. The summed E-state index contributed by atoms with van der Waals surface area (Å²) in [5.41, 5.74) is 0.965. The topological polar surface area (TPSA) is 73.8 Å². The zero-order valence-electron chi connectivity index (χ0n) is 17.7. The van der Waals surface area contributed by atoms with E-state index in [-0.39, 0.29) is 24.3 Å². The van der Waals surface area contributed by atoms with E-state index in [1.54, 1.807) is 22.2 Å². The lowest BCUT2D eigenvalue weighted by atomic mass is 9.86. The fourth-order valence-electron chi connectivity index (χ4n) is 5.08. The Bertz CT molecular complexity index is 763. The minimum Gasteiger partial charge on any atom is -0.341 e. The van der Waals surface area contributed by atoms with E-state index in [2.05, 4.69) is 4.98 Å². The molecule has 2 saturated heterocycles. The first-order chi connectivity index (χ1) is 14.6.